The van der Waals surface area contributed by atoms with Crippen molar-refractivity contribution in [3.63, 3.8) is 0 Å². The molecule has 1 aromatic carbocycles. The number of pyridine rings is 1. The van der Waals surface area contributed by atoms with Gasteiger partial charge in [0.1, 0.15) is 5.69 Å². The highest BCUT2D eigenvalue weighted by Gasteiger charge is 2.18. The van der Waals surface area contributed by atoms with Crippen molar-refractivity contribution >= 4 is 17.2 Å². The zero-order valence-corrected chi connectivity index (χ0v) is 19.8. The van der Waals surface area contributed by atoms with Gasteiger partial charge in [-0.05, 0) is 37.3 Å². The molecular formula is C25H36N6. The first-order valence-corrected chi connectivity index (χ1v) is 11.2. The summed E-state index contributed by atoms with van der Waals surface area (Å²) >= 11 is 0. The number of nitrogen functional groups attached to an aromatic ring is 1. The molecule has 0 fully saturated rings. The number of nitrogens with zero attached hydrogens (tertiary/aromatic N) is 4. The number of anilines is 2. The van der Waals surface area contributed by atoms with Crippen LogP contribution in [0, 0.1) is 0 Å². The van der Waals surface area contributed by atoms with Crippen LogP contribution in [0.3, 0.4) is 0 Å². The molecule has 4 aromatic rings. The van der Waals surface area contributed by atoms with E-state index in [0.717, 1.165) is 34.6 Å². The highest BCUT2D eigenvalue weighted by molar-refractivity contribution is 5.91. The molecule has 0 atom stereocenters. The van der Waals surface area contributed by atoms with Crippen LogP contribution >= 0.6 is 0 Å². The first-order valence-electron chi connectivity index (χ1n) is 11.2. The molecule has 0 amide bonds. The summed E-state index contributed by atoms with van der Waals surface area (Å²) < 4.78 is 1.86. The SMILES string of the molecule is CC.CC.CC.CCNc1nccc(-c2c(-c3cccc(N)c3)nn3ccccc23)n1. The minimum absolute atomic E-state index is 0.605. The summed E-state index contributed by atoms with van der Waals surface area (Å²) in [5, 5.41) is 7.91. The predicted octanol–water partition coefficient (Wildman–Crippen LogP) is 6.55. The van der Waals surface area contributed by atoms with Gasteiger partial charge in [-0.15, -0.1) is 0 Å². The van der Waals surface area contributed by atoms with Crippen LogP contribution in [0.1, 0.15) is 48.5 Å². The van der Waals surface area contributed by atoms with Crippen LogP contribution in [0.5, 0.6) is 0 Å². The fraction of sp³-hybridized carbons (Fsp3) is 0.320. The molecule has 31 heavy (non-hydrogen) atoms. The standard InChI is InChI=1S/C19H18N6.3C2H6/c1-2-21-19-22-10-9-15(23-19)17-16-8-3-4-11-25(16)24-18(17)13-6-5-7-14(20)12-13;3*1-2/h3-12H,2,20H2,1H3,(H,21,22,23);3*1-2H3. The van der Waals surface area contributed by atoms with Crippen molar-refractivity contribution in [1.82, 2.24) is 19.6 Å². The third kappa shape index (κ3) is 6.28. The molecule has 0 saturated heterocycles. The van der Waals surface area contributed by atoms with E-state index in [1.807, 2.05) is 108 Å². The molecule has 6 nitrogen and oxygen atoms in total. The molecule has 0 saturated carbocycles. The number of benzene rings is 1. The maximum absolute atomic E-state index is 5.97. The Kier molecular flexibility index (Phi) is 11.4. The molecular weight excluding hydrogens is 384 g/mol. The maximum Gasteiger partial charge on any atom is 0.223 e. The topological polar surface area (TPSA) is 81.1 Å². The minimum Gasteiger partial charge on any atom is -0.399 e. The Hall–Kier alpha value is -3.41. The molecule has 0 radical (unpaired) electrons. The van der Waals surface area contributed by atoms with Gasteiger partial charge in [0.05, 0.1) is 16.8 Å². The second-order valence-electron chi connectivity index (χ2n) is 5.68. The fourth-order valence-electron chi connectivity index (χ4n) is 2.88. The largest absolute Gasteiger partial charge is 0.399 e. The molecule has 0 aliphatic carbocycles. The van der Waals surface area contributed by atoms with Crippen LogP contribution in [0.4, 0.5) is 11.6 Å². The third-order valence-electron chi connectivity index (χ3n) is 3.95. The number of fused-ring (bicyclic) bond motifs is 1. The molecule has 0 bridgehead atoms. The van der Waals surface area contributed by atoms with E-state index in [1.54, 1.807) is 6.20 Å². The molecule has 6 heteroatoms. The lowest BCUT2D eigenvalue weighted by Gasteiger charge is -2.06. The van der Waals surface area contributed by atoms with Gasteiger partial charge in [0, 0.05) is 30.2 Å². The van der Waals surface area contributed by atoms with E-state index in [-0.39, 0.29) is 0 Å². The van der Waals surface area contributed by atoms with Crippen molar-refractivity contribution < 1.29 is 0 Å². The molecule has 166 valence electrons. The molecule has 3 N–H and O–H groups in total. The summed E-state index contributed by atoms with van der Waals surface area (Å²) in [6, 6.07) is 15.6. The van der Waals surface area contributed by atoms with Crippen molar-refractivity contribution in [2.24, 2.45) is 0 Å². The lowest BCUT2D eigenvalue weighted by Crippen LogP contribution is -2.02. The van der Waals surface area contributed by atoms with Crippen LogP contribution < -0.4 is 11.1 Å². The second kappa shape index (κ2) is 13.7. The van der Waals surface area contributed by atoms with Gasteiger partial charge in [-0.3, -0.25) is 0 Å². The Bertz CT molecular complexity index is 1040. The second-order valence-corrected chi connectivity index (χ2v) is 5.68. The van der Waals surface area contributed by atoms with E-state index in [9.17, 15) is 0 Å². The van der Waals surface area contributed by atoms with E-state index in [2.05, 4.69) is 15.3 Å². The molecule has 4 rings (SSSR count). The van der Waals surface area contributed by atoms with Crippen LogP contribution in [-0.4, -0.2) is 26.1 Å². The van der Waals surface area contributed by atoms with E-state index in [0.29, 0.717) is 11.6 Å². The Morgan fingerprint density at radius 2 is 1.68 bits per heavy atom. The van der Waals surface area contributed by atoms with Crippen molar-refractivity contribution in [2.45, 2.75) is 48.5 Å². The van der Waals surface area contributed by atoms with Gasteiger partial charge in [0.25, 0.3) is 0 Å². The summed E-state index contributed by atoms with van der Waals surface area (Å²) in [4.78, 5) is 8.92. The average molecular weight is 421 g/mol. The van der Waals surface area contributed by atoms with E-state index in [4.69, 9.17) is 10.8 Å². The Labute approximate surface area is 186 Å². The molecule has 3 heterocycles. The Morgan fingerprint density at radius 3 is 2.35 bits per heavy atom. The van der Waals surface area contributed by atoms with E-state index < -0.39 is 0 Å². The summed E-state index contributed by atoms with van der Waals surface area (Å²) in [6.45, 7) is 14.8. The van der Waals surface area contributed by atoms with Crippen LogP contribution in [0.2, 0.25) is 0 Å². The molecule has 0 unspecified atom stereocenters. The van der Waals surface area contributed by atoms with Gasteiger partial charge < -0.3 is 11.1 Å². The summed E-state index contributed by atoms with van der Waals surface area (Å²) in [5.74, 6) is 0.605. The fourth-order valence-corrected chi connectivity index (χ4v) is 2.88. The van der Waals surface area contributed by atoms with Crippen LogP contribution in [0.15, 0.2) is 60.9 Å². The molecule has 0 aliphatic heterocycles. The van der Waals surface area contributed by atoms with Gasteiger partial charge in [-0.2, -0.15) is 5.10 Å². The van der Waals surface area contributed by atoms with Crippen molar-refractivity contribution in [3.8, 4) is 22.5 Å². The average Bonchev–Trinajstić information content (AvgIpc) is 3.23. The van der Waals surface area contributed by atoms with Gasteiger partial charge in [-0.1, -0.05) is 59.7 Å². The van der Waals surface area contributed by atoms with Crippen molar-refractivity contribution in [2.75, 3.05) is 17.6 Å². The highest BCUT2D eigenvalue weighted by Crippen LogP contribution is 2.34. The van der Waals surface area contributed by atoms with Crippen LogP contribution in [-0.2, 0) is 0 Å². The van der Waals surface area contributed by atoms with Crippen LogP contribution in [0.25, 0.3) is 28.0 Å². The number of aromatic nitrogens is 4. The van der Waals surface area contributed by atoms with E-state index >= 15 is 0 Å². The van der Waals surface area contributed by atoms with Crippen molar-refractivity contribution in [3.05, 3.63) is 60.9 Å². The summed E-state index contributed by atoms with van der Waals surface area (Å²) in [5.41, 5.74) is 11.3. The monoisotopic (exact) mass is 420 g/mol. The molecule has 3 aromatic heterocycles. The lowest BCUT2D eigenvalue weighted by atomic mass is 10.0. The molecule has 0 spiro atoms. The third-order valence-corrected chi connectivity index (χ3v) is 3.95. The zero-order chi connectivity index (χ0) is 23.2. The van der Waals surface area contributed by atoms with E-state index in [1.165, 1.54) is 0 Å². The number of hydrogen-bond acceptors (Lipinski definition) is 5. The lowest BCUT2D eigenvalue weighted by molar-refractivity contribution is 0.966. The molecule has 0 aliphatic rings. The summed E-state index contributed by atoms with van der Waals surface area (Å²) in [7, 11) is 0. The van der Waals surface area contributed by atoms with Gasteiger partial charge in [-0.25, -0.2) is 14.5 Å². The number of nitrogens with one attached hydrogen (secondary N) is 1. The number of nitrogens with two attached hydrogens (primary N) is 1. The predicted molar refractivity (Wildman–Crippen MR) is 134 cm³/mol. The summed E-state index contributed by atoms with van der Waals surface area (Å²) in [6.07, 6.45) is 3.69. The Morgan fingerprint density at radius 1 is 0.935 bits per heavy atom. The maximum atomic E-state index is 5.97. The Balaban J connectivity index is 0.000000739. The first-order chi connectivity index (χ1) is 15.3. The zero-order valence-electron chi connectivity index (χ0n) is 19.8. The number of hydrogen-bond donors (Lipinski definition) is 2. The first kappa shape index (κ1) is 25.6. The smallest absolute Gasteiger partial charge is 0.223 e. The van der Waals surface area contributed by atoms with Gasteiger partial charge in [0.15, 0.2) is 0 Å². The normalized spacial score (nSPS) is 9.39. The quantitative estimate of drug-likeness (QED) is 0.366. The minimum atomic E-state index is 0.605. The van der Waals surface area contributed by atoms with Gasteiger partial charge >= 0.3 is 0 Å². The van der Waals surface area contributed by atoms with Gasteiger partial charge in [0.2, 0.25) is 5.95 Å². The number of rotatable bonds is 4. The highest BCUT2D eigenvalue weighted by atomic mass is 15.2. The van der Waals surface area contributed by atoms with Crippen molar-refractivity contribution in [1.29, 1.82) is 0 Å².